The van der Waals surface area contributed by atoms with Gasteiger partial charge in [0.1, 0.15) is 5.54 Å². The molecule has 4 heteroatoms. The summed E-state index contributed by atoms with van der Waals surface area (Å²) < 4.78 is 1.04. The van der Waals surface area contributed by atoms with Crippen molar-refractivity contribution < 1.29 is 0 Å². The monoisotopic (exact) mass is 319 g/mol. The molecule has 0 amide bonds. The highest BCUT2D eigenvalue weighted by molar-refractivity contribution is 9.10. The Balaban J connectivity index is 1.84. The maximum Gasteiger partial charge on any atom is 0.128 e. The van der Waals surface area contributed by atoms with Gasteiger partial charge in [0.05, 0.1) is 6.07 Å². The predicted molar refractivity (Wildman–Crippen MR) is 79.9 cm³/mol. The van der Waals surface area contributed by atoms with Crippen LogP contribution in [-0.4, -0.2) is 29.6 Å². The lowest BCUT2D eigenvalue weighted by Crippen LogP contribution is -2.52. The van der Waals surface area contributed by atoms with Crippen molar-refractivity contribution in [3.05, 3.63) is 28.7 Å². The Morgan fingerprint density at radius 1 is 1.37 bits per heavy atom. The minimum atomic E-state index is -0.404. The van der Waals surface area contributed by atoms with Gasteiger partial charge in [0, 0.05) is 22.2 Å². The van der Waals surface area contributed by atoms with E-state index in [2.05, 4.69) is 39.3 Å². The van der Waals surface area contributed by atoms with Gasteiger partial charge in [-0.15, -0.1) is 0 Å². The number of piperidine rings is 1. The summed E-state index contributed by atoms with van der Waals surface area (Å²) in [5.41, 5.74) is 0.624. The molecule has 3 rings (SSSR count). The molecule has 0 aromatic heterocycles. The van der Waals surface area contributed by atoms with E-state index in [1.54, 1.807) is 0 Å². The highest BCUT2D eigenvalue weighted by Crippen LogP contribution is 2.41. The molecule has 1 aromatic rings. The van der Waals surface area contributed by atoms with Crippen molar-refractivity contribution in [3.63, 3.8) is 0 Å². The number of hydrogen-bond donors (Lipinski definition) is 1. The Hall–Kier alpha value is -1.05. The average Bonchev–Trinajstić information content (AvgIpc) is 2.63. The third-order valence-corrected chi connectivity index (χ3v) is 5.07. The van der Waals surface area contributed by atoms with Crippen LogP contribution in [0.4, 0.5) is 5.69 Å². The number of benzene rings is 1. The highest BCUT2D eigenvalue weighted by atomic mass is 79.9. The first-order valence-electron chi connectivity index (χ1n) is 6.79. The fourth-order valence-electron chi connectivity index (χ4n) is 3.53. The molecular formula is C15H18BrN3. The number of hydrogen-bond acceptors (Lipinski definition) is 3. The fraction of sp³-hybridized carbons (Fsp3) is 0.533. The molecule has 0 saturated carbocycles. The number of anilines is 1. The molecule has 1 aromatic carbocycles. The van der Waals surface area contributed by atoms with Gasteiger partial charge in [0.25, 0.3) is 0 Å². The van der Waals surface area contributed by atoms with Gasteiger partial charge in [-0.2, -0.15) is 5.26 Å². The maximum absolute atomic E-state index is 9.68. The molecule has 2 aliphatic heterocycles. The molecule has 2 bridgehead atoms. The largest absolute Gasteiger partial charge is 0.367 e. The summed E-state index contributed by atoms with van der Waals surface area (Å²) in [6.45, 7) is 0. The van der Waals surface area contributed by atoms with Gasteiger partial charge in [0.2, 0.25) is 0 Å². The van der Waals surface area contributed by atoms with Crippen molar-refractivity contribution in [2.75, 3.05) is 12.4 Å². The van der Waals surface area contributed by atoms with Gasteiger partial charge in [-0.3, -0.25) is 0 Å². The first-order valence-corrected chi connectivity index (χ1v) is 7.58. The topological polar surface area (TPSA) is 39.1 Å². The fourth-order valence-corrected chi connectivity index (χ4v) is 3.93. The summed E-state index contributed by atoms with van der Waals surface area (Å²) in [5, 5.41) is 13.2. The molecule has 2 unspecified atom stereocenters. The van der Waals surface area contributed by atoms with Gasteiger partial charge in [-0.05, 0) is 50.9 Å². The quantitative estimate of drug-likeness (QED) is 0.908. The number of nitrogens with one attached hydrogen (secondary N) is 1. The van der Waals surface area contributed by atoms with Gasteiger partial charge in [0.15, 0.2) is 0 Å². The molecule has 0 aliphatic carbocycles. The first kappa shape index (κ1) is 13.0. The predicted octanol–water partition coefficient (Wildman–Crippen LogP) is 3.38. The summed E-state index contributed by atoms with van der Waals surface area (Å²) in [5.74, 6) is 0. The molecule has 1 N–H and O–H groups in total. The molecule has 3 nitrogen and oxygen atoms in total. The number of nitrogens with zero attached hydrogens (tertiary/aromatic N) is 2. The van der Waals surface area contributed by atoms with E-state index in [1.807, 2.05) is 24.3 Å². The molecule has 2 fully saturated rings. The van der Waals surface area contributed by atoms with Crippen LogP contribution in [0, 0.1) is 11.3 Å². The van der Waals surface area contributed by atoms with Crippen molar-refractivity contribution in [2.45, 2.75) is 43.3 Å². The number of fused-ring (bicyclic) bond motifs is 2. The molecule has 100 valence electrons. The van der Waals surface area contributed by atoms with E-state index in [1.165, 1.54) is 12.8 Å². The summed E-state index contributed by atoms with van der Waals surface area (Å²) in [6.07, 6.45) is 4.29. The van der Waals surface area contributed by atoms with Crippen LogP contribution in [0.2, 0.25) is 0 Å². The lowest BCUT2D eigenvalue weighted by molar-refractivity contribution is 0.146. The Kier molecular flexibility index (Phi) is 3.28. The molecule has 19 heavy (non-hydrogen) atoms. The van der Waals surface area contributed by atoms with Crippen molar-refractivity contribution in [3.8, 4) is 6.07 Å². The molecule has 0 radical (unpaired) electrons. The molecule has 2 aliphatic rings. The number of rotatable bonds is 2. The van der Waals surface area contributed by atoms with E-state index in [0.717, 1.165) is 23.0 Å². The van der Waals surface area contributed by atoms with Crippen LogP contribution in [0.5, 0.6) is 0 Å². The van der Waals surface area contributed by atoms with E-state index in [9.17, 15) is 5.26 Å². The van der Waals surface area contributed by atoms with Crippen molar-refractivity contribution in [1.82, 2.24) is 4.90 Å². The summed E-state index contributed by atoms with van der Waals surface area (Å²) in [7, 11) is 2.20. The van der Waals surface area contributed by atoms with Crippen LogP contribution >= 0.6 is 15.9 Å². The van der Waals surface area contributed by atoms with Gasteiger partial charge >= 0.3 is 0 Å². The van der Waals surface area contributed by atoms with Crippen LogP contribution in [0.1, 0.15) is 25.7 Å². The zero-order valence-electron chi connectivity index (χ0n) is 11.1. The van der Waals surface area contributed by atoms with E-state index in [-0.39, 0.29) is 0 Å². The second kappa shape index (κ2) is 4.81. The lowest BCUT2D eigenvalue weighted by atomic mass is 9.84. The molecule has 2 atom stereocenters. The Labute approximate surface area is 122 Å². The average molecular weight is 320 g/mol. The second-order valence-corrected chi connectivity index (χ2v) is 6.70. The van der Waals surface area contributed by atoms with Gasteiger partial charge in [-0.1, -0.05) is 22.0 Å². The maximum atomic E-state index is 9.68. The third-order valence-electron chi connectivity index (χ3n) is 4.58. The van der Waals surface area contributed by atoms with Crippen molar-refractivity contribution in [2.24, 2.45) is 0 Å². The van der Waals surface area contributed by atoms with Crippen LogP contribution in [0.25, 0.3) is 0 Å². The molecular weight excluding hydrogens is 302 g/mol. The Morgan fingerprint density at radius 2 is 2.05 bits per heavy atom. The molecule has 0 spiro atoms. The highest BCUT2D eigenvalue weighted by Gasteiger charge is 2.47. The van der Waals surface area contributed by atoms with Crippen molar-refractivity contribution in [1.29, 1.82) is 5.26 Å². The zero-order valence-corrected chi connectivity index (χ0v) is 12.7. The third kappa shape index (κ3) is 2.37. The zero-order chi connectivity index (χ0) is 13.5. The van der Waals surface area contributed by atoms with Gasteiger partial charge in [-0.25, -0.2) is 0 Å². The van der Waals surface area contributed by atoms with Crippen LogP contribution in [0.15, 0.2) is 28.7 Å². The second-order valence-electron chi connectivity index (χ2n) is 5.79. The number of nitriles is 1. The normalized spacial score (nSPS) is 33.9. The van der Waals surface area contributed by atoms with E-state index in [0.29, 0.717) is 12.1 Å². The number of halogens is 1. The minimum Gasteiger partial charge on any atom is -0.367 e. The van der Waals surface area contributed by atoms with Gasteiger partial charge < -0.3 is 10.2 Å². The molecule has 2 saturated heterocycles. The standard InChI is InChI=1S/C15H18BrN3/c1-19-13-5-6-14(19)9-15(8-13,10-17)18-12-4-2-3-11(16)7-12/h2-4,7,13-14,18H,5-6,8-9H2,1H3. The van der Waals surface area contributed by atoms with Crippen LogP contribution in [-0.2, 0) is 0 Å². The summed E-state index contributed by atoms with van der Waals surface area (Å²) >= 11 is 3.48. The lowest BCUT2D eigenvalue weighted by Gasteiger charge is -2.42. The van der Waals surface area contributed by atoms with Crippen molar-refractivity contribution >= 4 is 21.6 Å². The van der Waals surface area contributed by atoms with E-state index >= 15 is 0 Å². The Morgan fingerprint density at radius 3 is 2.63 bits per heavy atom. The van der Waals surface area contributed by atoms with Crippen LogP contribution in [0.3, 0.4) is 0 Å². The van der Waals surface area contributed by atoms with E-state index < -0.39 is 5.54 Å². The Bertz CT molecular complexity index is 508. The summed E-state index contributed by atoms with van der Waals surface area (Å²) in [4.78, 5) is 2.46. The molecule has 2 heterocycles. The minimum absolute atomic E-state index is 0.404. The SMILES string of the molecule is CN1C2CCC1CC(C#N)(Nc1cccc(Br)c1)C2. The first-order chi connectivity index (χ1) is 9.12. The summed E-state index contributed by atoms with van der Waals surface area (Å²) in [6, 6.07) is 11.7. The smallest absolute Gasteiger partial charge is 0.128 e. The van der Waals surface area contributed by atoms with E-state index in [4.69, 9.17) is 0 Å². The van der Waals surface area contributed by atoms with Crippen LogP contribution < -0.4 is 5.32 Å².